The minimum Gasteiger partial charge on any atom is -0.354 e. The molecule has 2 atom stereocenters. The second-order valence-electron chi connectivity index (χ2n) is 8.54. The van der Waals surface area contributed by atoms with Gasteiger partial charge in [-0.3, -0.25) is 0 Å². The second kappa shape index (κ2) is 8.76. The third kappa shape index (κ3) is 5.13. The first-order valence-electron chi connectivity index (χ1n) is 10.6. The highest BCUT2D eigenvalue weighted by atomic mass is 32.2. The number of piperidine rings is 1. The number of aryl methyl sites for hydroxylation is 1. The Morgan fingerprint density at radius 3 is 2.15 bits per heavy atom. The summed E-state index contributed by atoms with van der Waals surface area (Å²) in [6.45, 7) is 6.39. The van der Waals surface area contributed by atoms with Crippen molar-refractivity contribution in [2.24, 2.45) is 10.3 Å². The second-order valence-corrected chi connectivity index (χ2v) is 10.1. The van der Waals surface area contributed by atoms with E-state index in [-0.39, 0.29) is 0 Å². The lowest BCUT2D eigenvalue weighted by Gasteiger charge is -2.42. The Kier molecular flexibility index (Phi) is 6.61. The number of hydrogen-bond donors (Lipinski definition) is 0. The van der Waals surface area contributed by atoms with Crippen LogP contribution in [0.5, 0.6) is 0 Å². The van der Waals surface area contributed by atoms with Gasteiger partial charge in [0.2, 0.25) is 0 Å². The Balaban J connectivity index is 1.94. The molecule has 0 radical (unpaired) electrons. The average Bonchev–Trinajstić information content (AvgIpc) is 2.62. The van der Waals surface area contributed by atoms with Crippen molar-refractivity contribution in [3.63, 3.8) is 0 Å². The van der Waals surface area contributed by atoms with Gasteiger partial charge in [-0.1, -0.05) is 49.8 Å². The Morgan fingerprint density at radius 2 is 1.56 bits per heavy atom. The van der Waals surface area contributed by atoms with Gasteiger partial charge in [-0.15, -0.1) is 4.40 Å². The van der Waals surface area contributed by atoms with E-state index in [1.807, 2.05) is 19.1 Å². The third-order valence-corrected chi connectivity index (χ3v) is 7.55. The van der Waals surface area contributed by atoms with E-state index in [2.05, 4.69) is 23.1 Å². The lowest BCUT2D eigenvalue weighted by molar-refractivity contribution is 0.184. The molecule has 1 aromatic carbocycles. The monoisotopic (exact) mass is 390 g/mol. The van der Waals surface area contributed by atoms with Crippen LogP contribution in [0.15, 0.2) is 33.6 Å². The largest absolute Gasteiger partial charge is 0.354 e. The zero-order valence-electron chi connectivity index (χ0n) is 17.0. The molecule has 0 unspecified atom stereocenters. The Labute approximate surface area is 165 Å². The van der Waals surface area contributed by atoms with Crippen molar-refractivity contribution < 1.29 is 8.42 Å². The minimum atomic E-state index is -3.68. The molecular weight excluding hydrogens is 356 g/mol. The molecule has 0 aromatic heterocycles. The molecule has 0 N–H and O–H groups in total. The van der Waals surface area contributed by atoms with Crippen LogP contribution in [0.4, 0.5) is 0 Å². The first-order chi connectivity index (χ1) is 12.9. The number of nitrogens with zero attached hydrogens (tertiary/aromatic N) is 2. The molecule has 4 nitrogen and oxygen atoms in total. The molecule has 1 heterocycles. The van der Waals surface area contributed by atoms with Gasteiger partial charge in [0.05, 0.1) is 4.90 Å². The van der Waals surface area contributed by atoms with Crippen molar-refractivity contribution in [3.8, 4) is 0 Å². The molecule has 1 aromatic rings. The van der Waals surface area contributed by atoms with Crippen molar-refractivity contribution in [1.82, 2.24) is 4.90 Å². The maximum Gasteiger partial charge on any atom is 0.283 e. The summed E-state index contributed by atoms with van der Waals surface area (Å²) in [5.74, 6) is 1.36. The summed E-state index contributed by atoms with van der Waals surface area (Å²) in [4.78, 5) is 2.61. The van der Waals surface area contributed by atoms with E-state index in [1.54, 1.807) is 12.1 Å². The normalized spacial score (nSPS) is 25.6. The molecule has 3 rings (SSSR count). The Hall–Kier alpha value is -1.36. The molecule has 0 bridgehead atoms. The van der Waals surface area contributed by atoms with Gasteiger partial charge in [0, 0.05) is 18.5 Å². The maximum absolute atomic E-state index is 13.0. The van der Waals surface area contributed by atoms with Crippen LogP contribution in [0.3, 0.4) is 0 Å². The lowest BCUT2D eigenvalue weighted by atomic mass is 9.85. The minimum absolute atomic E-state index is 0.298. The van der Waals surface area contributed by atoms with Gasteiger partial charge in [0.25, 0.3) is 10.0 Å². The van der Waals surface area contributed by atoms with Gasteiger partial charge in [-0.2, -0.15) is 8.42 Å². The molecule has 1 aliphatic heterocycles. The van der Waals surface area contributed by atoms with Crippen LogP contribution in [0.2, 0.25) is 0 Å². The maximum atomic E-state index is 13.0. The summed E-state index contributed by atoms with van der Waals surface area (Å²) >= 11 is 0. The Bertz CT molecular complexity index is 739. The zero-order chi connectivity index (χ0) is 19.4. The summed E-state index contributed by atoms with van der Waals surface area (Å²) in [7, 11) is -3.68. The Morgan fingerprint density at radius 1 is 0.963 bits per heavy atom. The molecular formula is C22H34N2O2S. The van der Waals surface area contributed by atoms with Crippen molar-refractivity contribution in [2.45, 2.75) is 95.5 Å². The summed E-state index contributed by atoms with van der Waals surface area (Å²) in [6.07, 6.45) is 10.4. The molecule has 2 aliphatic rings. The van der Waals surface area contributed by atoms with Crippen LogP contribution in [0.1, 0.15) is 77.2 Å². The molecule has 150 valence electrons. The van der Waals surface area contributed by atoms with E-state index in [4.69, 9.17) is 0 Å². The van der Waals surface area contributed by atoms with Gasteiger partial charge >= 0.3 is 0 Å². The standard InChI is InChI=1S/C22H34N2O2S/c1-17-12-14-21(15-13-17)27(25,26)23-22(16-20-10-5-4-6-11-20)24-18(2)8-7-9-19(24)3/h12-15,18-20H,4-11,16H2,1-3H3/t18-,19+. The summed E-state index contributed by atoms with van der Waals surface area (Å²) in [5.41, 5.74) is 1.05. The molecule has 27 heavy (non-hydrogen) atoms. The SMILES string of the molecule is Cc1ccc(S(=O)(=O)N=C(CC2CCCCC2)N2[C@H](C)CCC[C@@H]2C)cc1. The van der Waals surface area contributed by atoms with Gasteiger partial charge in [0.1, 0.15) is 5.84 Å². The number of rotatable bonds is 4. The van der Waals surface area contributed by atoms with E-state index < -0.39 is 10.0 Å². The van der Waals surface area contributed by atoms with Gasteiger partial charge in [0.15, 0.2) is 0 Å². The summed E-state index contributed by atoms with van der Waals surface area (Å²) < 4.78 is 30.5. The van der Waals surface area contributed by atoms with Crippen LogP contribution in [-0.2, 0) is 10.0 Å². The van der Waals surface area contributed by atoms with Gasteiger partial charge < -0.3 is 4.90 Å². The molecule has 1 saturated carbocycles. The molecule has 1 saturated heterocycles. The molecule has 1 aliphatic carbocycles. The van der Waals surface area contributed by atoms with Crippen molar-refractivity contribution >= 4 is 15.9 Å². The number of hydrogen-bond acceptors (Lipinski definition) is 2. The highest BCUT2D eigenvalue weighted by Crippen LogP contribution is 2.31. The first-order valence-corrected chi connectivity index (χ1v) is 12.0. The van der Waals surface area contributed by atoms with Crippen molar-refractivity contribution in [1.29, 1.82) is 0 Å². The lowest BCUT2D eigenvalue weighted by Crippen LogP contribution is -2.48. The number of sulfonamides is 1. The highest BCUT2D eigenvalue weighted by molar-refractivity contribution is 7.90. The predicted octanol–water partition coefficient (Wildman–Crippen LogP) is 5.32. The molecule has 0 spiro atoms. The van der Waals surface area contributed by atoms with Crippen molar-refractivity contribution in [3.05, 3.63) is 29.8 Å². The quantitative estimate of drug-likeness (QED) is 0.517. The number of amidine groups is 1. The summed E-state index contributed by atoms with van der Waals surface area (Å²) in [5, 5.41) is 0. The van der Waals surface area contributed by atoms with Gasteiger partial charge in [-0.25, -0.2) is 0 Å². The topological polar surface area (TPSA) is 49.7 Å². The van der Waals surface area contributed by atoms with E-state index in [1.165, 1.54) is 38.5 Å². The molecule has 2 fully saturated rings. The zero-order valence-corrected chi connectivity index (χ0v) is 17.8. The van der Waals surface area contributed by atoms with Crippen molar-refractivity contribution in [2.75, 3.05) is 0 Å². The molecule has 0 amide bonds. The van der Waals surface area contributed by atoms with Crippen LogP contribution in [0.25, 0.3) is 0 Å². The van der Waals surface area contributed by atoms with E-state index in [9.17, 15) is 8.42 Å². The fourth-order valence-corrected chi connectivity index (χ4v) is 5.70. The first kappa shape index (κ1) is 20.4. The third-order valence-electron chi connectivity index (χ3n) is 6.23. The predicted molar refractivity (Wildman–Crippen MR) is 112 cm³/mol. The van der Waals surface area contributed by atoms with E-state index >= 15 is 0 Å². The molecule has 5 heteroatoms. The van der Waals surface area contributed by atoms with Crippen LogP contribution in [0, 0.1) is 12.8 Å². The van der Waals surface area contributed by atoms with Crippen LogP contribution >= 0.6 is 0 Å². The van der Waals surface area contributed by atoms with Crippen LogP contribution < -0.4 is 0 Å². The van der Waals surface area contributed by atoms with Crippen LogP contribution in [-0.4, -0.2) is 31.2 Å². The highest BCUT2D eigenvalue weighted by Gasteiger charge is 2.31. The van der Waals surface area contributed by atoms with E-state index in [0.717, 1.165) is 30.7 Å². The fourth-order valence-electron chi connectivity index (χ4n) is 4.67. The summed E-state index contributed by atoms with van der Waals surface area (Å²) in [6, 6.07) is 7.74. The number of likely N-dealkylation sites (tertiary alicyclic amines) is 1. The van der Waals surface area contributed by atoms with Gasteiger partial charge in [-0.05, 0) is 58.1 Å². The number of benzene rings is 1. The van der Waals surface area contributed by atoms with E-state index in [0.29, 0.717) is 22.9 Å². The fraction of sp³-hybridized carbons (Fsp3) is 0.682. The average molecular weight is 391 g/mol. The smallest absolute Gasteiger partial charge is 0.283 e.